The minimum Gasteiger partial charge on any atom is -0.491 e. The highest BCUT2D eigenvalue weighted by Crippen LogP contribution is 2.25. The molecule has 0 unspecified atom stereocenters. The molecule has 0 aromatic heterocycles. The lowest BCUT2D eigenvalue weighted by Gasteiger charge is -2.14. The molecular formula is C25H29NO3. The van der Waals surface area contributed by atoms with Gasteiger partial charge in [-0.25, -0.2) is 0 Å². The van der Waals surface area contributed by atoms with Gasteiger partial charge in [-0.05, 0) is 48.2 Å². The van der Waals surface area contributed by atoms with Gasteiger partial charge in [-0.15, -0.1) is 0 Å². The molecule has 4 nitrogen and oxygen atoms in total. The molecule has 152 valence electrons. The molecule has 0 heterocycles. The van der Waals surface area contributed by atoms with Crippen molar-refractivity contribution < 1.29 is 14.2 Å². The monoisotopic (exact) mass is 391 g/mol. The van der Waals surface area contributed by atoms with Crippen LogP contribution in [0, 0.1) is 0 Å². The molecule has 0 bridgehead atoms. The minimum absolute atomic E-state index is 0.559. The first kappa shape index (κ1) is 20.7. The van der Waals surface area contributed by atoms with E-state index in [4.69, 9.17) is 14.2 Å². The van der Waals surface area contributed by atoms with Crippen molar-refractivity contribution in [2.24, 2.45) is 0 Å². The molecule has 29 heavy (non-hydrogen) atoms. The van der Waals surface area contributed by atoms with Gasteiger partial charge >= 0.3 is 0 Å². The lowest BCUT2D eigenvalue weighted by Crippen LogP contribution is -2.05. The van der Waals surface area contributed by atoms with Gasteiger partial charge < -0.3 is 19.5 Å². The third-order valence-corrected chi connectivity index (χ3v) is 4.56. The molecule has 0 aliphatic rings. The quantitative estimate of drug-likeness (QED) is 0.423. The van der Waals surface area contributed by atoms with E-state index in [9.17, 15) is 0 Å². The van der Waals surface area contributed by atoms with Crippen LogP contribution in [-0.2, 0) is 17.7 Å². The van der Waals surface area contributed by atoms with E-state index in [1.807, 2.05) is 36.4 Å². The fourth-order valence-corrected chi connectivity index (χ4v) is 2.99. The number of hydrogen-bond donors (Lipinski definition) is 1. The second-order valence-electron chi connectivity index (χ2n) is 6.77. The van der Waals surface area contributed by atoms with Crippen LogP contribution >= 0.6 is 0 Å². The standard InChI is InChI=1S/C25H29NO3/c1-27-18-19-28-23-15-13-22(14-16-23)20-26-24-11-5-6-12-25(24)29-17-7-10-21-8-3-2-4-9-21/h2-6,8-9,11-16,26H,7,10,17-20H2,1H3. The Kier molecular flexibility index (Phi) is 8.42. The van der Waals surface area contributed by atoms with E-state index < -0.39 is 0 Å². The molecule has 0 aliphatic carbocycles. The Morgan fingerprint density at radius 3 is 2.24 bits per heavy atom. The van der Waals surface area contributed by atoms with Gasteiger partial charge in [-0.1, -0.05) is 54.6 Å². The molecule has 1 N–H and O–H groups in total. The number of hydrogen-bond acceptors (Lipinski definition) is 4. The number of rotatable bonds is 12. The number of para-hydroxylation sites is 2. The van der Waals surface area contributed by atoms with Gasteiger partial charge in [-0.3, -0.25) is 0 Å². The summed E-state index contributed by atoms with van der Waals surface area (Å²) in [5.41, 5.74) is 3.53. The average Bonchev–Trinajstić information content (AvgIpc) is 2.78. The molecule has 0 spiro atoms. The van der Waals surface area contributed by atoms with Crippen LogP contribution < -0.4 is 14.8 Å². The molecule has 0 radical (unpaired) electrons. The SMILES string of the molecule is COCCOc1ccc(CNc2ccccc2OCCCc2ccccc2)cc1. The summed E-state index contributed by atoms with van der Waals surface area (Å²) in [4.78, 5) is 0. The molecule has 0 saturated carbocycles. The second kappa shape index (κ2) is 11.8. The fraction of sp³-hybridized carbons (Fsp3) is 0.280. The number of benzene rings is 3. The normalized spacial score (nSPS) is 10.5. The third-order valence-electron chi connectivity index (χ3n) is 4.56. The van der Waals surface area contributed by atoms with Gasteiger partial charge in [0.2, 0.25) is 0 Å². The van der Waals surface area contributed by atoms with E-state index in [0.29, 0.717) is 19.8 Å². The molecule has 0 saturated heterocycles. The summed E-state index contributed by atoms with van der Waals surface area (Å²) in [5, 5.41) is 3.47. The zero-order valence-corrected chi connectivity index (χ0v) is 17.0. The summed E-state index contributed by atoms with van der Waals surface area (Å²) in [6.45, 7) is 2.57. The Balaban J connectivity index is 1.46. The predicted octanol–water partition coefficient (Wildman–Crippen LogP) is 5.34. The Hall–Kier alpha value is -2.98. The lowest BCUT2D eigenvalue weighted by molar-refractivity contribution is 0.146. The highest BCUT2D eigenvalue weighted by Gasteiger charge is 2.04. The summed E-state index contributed by atoms with van der Waals surface area (Å²) in [7, 11) is 1.67. The molecular weight excluding hydrogens is 362 g/mol. The number of ether oxygens (including phenoxy) is 3. The van der Waals surface area contributed by atoms with Crippen LogP contribution in [0.3, 0.4) is 0 Å². The van der Waals surface area contributed by atoms with Crippen molar-refractivity contribution in [3.8, 4) is 11.5 Å². The van der Waals surface area contributed by atoms with Crippen molar-refractivity contribution >= 4 is 5.69 Å². The molecule has 0 atom stereocenters. The summed E-state index contributed by atoms with van der Waals surface area (Å²) in [6.07, 6.45) is 2.01. The van der Waals surface area contributed by atoms with Crippen molar-refractivity contribution in [3.63, 3.8) is 0 Å². The first-order valence-corrected chi connectivity index (χ1v) is 10.1. The highest BCUT2D eigenvalue weighted by atomic mass is 16.5. The first-order chi connectivity index (χ1) is 14.3. The summed E-state index contributed by atoms with van der Waals surface area (Å²) in [6, 6.07) is 26.7. The minimum atomic E-state index is 0.559. The van der Waals surface area contributed by atoms with E-state index in [1.54, 1.807) is 7.11 Å². The molecule has 0 aliphatic heterocycles. The van der Waals surface area contributed by atoms with Crippen molar-refractivity contribution in [3.05, 3.63) is 90.0 Å². The number of nitrogens with one attached hydrogen (secondary N) is 1. The maximum Gasteiger partial charge on any atom is 0.142 e. The van der Waals surface area contributed by atoms with E-state index in [2.05, 4.69) is 47.8 Å². The Morgan fingerprint density at radius 2 is 1.45 bits per heavy atom. The Bertz CT molecular complexity index is 834. The smallest absolute Gasteiger partial charge is 0.142 e. The maximum absolute atomic E-state index is 6.03. The van der Waals surface area contributed by atoms with Gasteiger partial charge in [-0.2, -0.15) is 0 Å². The topological polar surface area (TPSA) is 39.7 Å². The summed E-state index contributed by atoms with van der Waals surface area (Å²) in [5.74, 6) is 1.74. The zero-order chi connectivity index (χ0) is 20.2. The van der Waals surface area contributed by atoms with Crippen LogP contribution in [0.5, 0.6) is 11.5 Å². The average molecular weight is 392 g/mol. The van der Waals surface area contributed by atoms with Crippen LogP contribution in [0.4, 0.5) is 5.69 Å². The molecule has 3 aromatic carbocycles. The van der Waals surface area contributed by atoms with Crippen LogP contribution in [0.15, 0.2) is 78.9 Å². The van der Waals surface area contributed by atoms with Gasteiger partial charge in [0.15, 0.2) is 0 Å². The maximum atomic E-state index is 6.03. The Labute approximate surface area is 173 Å². The van der Waals surface area contributed by atoms with Crippen LogP contribution in [0.1, 0.15) is 17.5 Å². The van der Waals surface area contributed by atoms with E-state index in [-0.39, 0.29) is 0 Å². The van der Waals surface area contributed by atoms with Crippen molar-refractivity contribution in [2.75, 3.05) is 32.2 Å². The number of anilines is 1. The van der Waals surface area contributed by atoms with Gasteiger partial charge in [0, 0.05) is 13.7 Å². The predicted molar refractivity (Wildman–Crippen MR) is 118 cm³/mol. The van der Waals surface area contributed by atoms with Crippen LogP contribution in [0.2, 0.25) is 0 Å². The summed E-state index contributed by atoms with van der Waals surface area (Å²) >= 11 is 0. The van der Waals surface area contributed by atoms with Crippen molar-refractivity contribution in [1.82, 2.24) is 0 Å². The number of methoxy groups -OCH3 is 1. The molecule has 0 amide bonds. The van der Waals surface area contributed by atoms with Gasteiger partial charge in [0.25, 0.3) is 0 Å². The van der Waals surface area contributed by atoms with Gasteiger partial charge in [0.1, 0.15) is 18.1 Å². The summed E-state index contributed by atoms with van der Waals surface area (Å²) < 4.78 is 16.6. The third kappa shape index (κ3) is 7.16. The molecule has 4 heteroatoms. The zero-order valence-electron chi connectivity index (χ0n) is 17.0. The lowest BCUT2D eigenvalue weighted by atomic mass is 10.1. The molecule has 3 aromatic rings. The molecule has 3 rings (SSSR count). The van der Waals surface area contributed by atoms with E-state index in [1.165, 1.54) is 11.1 Å². The van der Waals surface area contributed by atoms with Crippen LogP contribution in [0.25, 0.3) is 0 Å². The first-order valence-electron chi connectivity index (χ1n) is 10.1. The van der Waals surface area contributed by atoms with E-state index >= 15 is 0 Å². The highest BCUT2D eigenvalue weighted by molar-refractivity contribution is 5.56. The van der Waals surface area contributed by atoms with Crippen molar-refractivity contribution in [1.29, 1.82) is 0 Å². The largest absolute Gasteiger partial charge is 0.491 e. The molecule has 0 fully saturated rings. The van der Waals surface area contributed by atoms with Crippen molar-refractivity contribution in [2.45, 2.75) is 19.4 Å². The van der Waals surface area contributed by atoms with E-state index in [0.717, 1.165) is 36.6 Å². The van der Waals surface area contributed by atoms with Crippen LogP contribution in [-0.4, -0.2) is 26.9 Å². The Morgan fingerprint density at radius 1 is 0.690 bits per heavy atom. The second-order valence-corrected chi connectivity index (χ2v) is 6.77. The van der Waals surface area contributed by atoms with Gasteiger partial charge in [0.05, 0.1) is 18.9 Å². The number of aryl methyl sites for hydroxylation is 1. The fourth-order valence-electron chi connectivity index (χ4n) is 2.99.